The second-order valence-corrected chi connectivity index (χ2v) is 9.68. The number of nitrogens with one attached hydrogen (secondary N) is 2. The van der Waals surface area contributed by atoms with Crippen molar-refractivity contribution in [3.63, 3.8) is 0 Å². The van der Waals surface area contributed by atoms with Gasteiger partial charge in [-0.05, 0) is 62.7 Å². The summed E-state index contributed by atoms with van der Waals surface area (Å²) < 4.78 is 5.98. The van der Waals surface area contributed by atoms with Crippen molar-refractivity contribution in [2.24, 2.45) is 0 Å². The van der Waals surface area contributed by atoms with Gasteiger partial charge in [0.05, 0.1) is 23.5 Å². The molecule has 1 unspecified atom stereocenters. The zero-order chi connectivity index (χ0) is 26.2. The molecule has 8 nitrogen and oxygen atoms in total. The van der Waals surface area contributed by atoms with Gasteiger partial charge < -0.3 is 25.4 Å². The molecule has 1 fully saturated rings. The number of ether oxygens (including phenoxy) is 1. The summed E-state index contributed by atoms with van der Waals surface area (Å²) in [6, 6.07) is 19.5. The Bertz CT molecular complexity index is 1180. The Morgan fingerprint density at radius 2 is 1.84 bits per heavy atom. The van der Waals surface area contributed by atoms with Crippen LogP contribution in [-0.2, 0) is 0 Å². The minimum absolute atomic E-state index is 0.119. The van der Waals surface area contributed by atoms with Gasteiger partial charge in [-0.2, -0.15) is 0 Å². The molecule has 0 aliphatic carbocycles. The lowest BCUT2D eigenvalue weighted by atomic mass is 10.2. The molecule has 1 aliphatic rings. The monoisotopic (exact) mass is 503 g/mol. The van der Waals surface area contributed by atoms with Crippen molar-refractivity contribution in [3.05, 3.63) is 78.0 Å². The van der Waals surface area contributed by atoms with E-state index in [0.717, 1.165) is 48.9 Å². The van der Waals surface area contributed by atoms with Crippen molar-refractivity contribution < 1.29 is 14.6 Å². The van der Waals surface area contributed by atoms with Crippen molar-refractivity contribution in [2.75, 3.05) is 49.5 Å². The quantitative estimate of drug-likeness (QED) is 0.387. The number of amides is 1. The molecule has 1 aliphatic heterocycles. The summed E-state index contributed by atoms with van der Waals surface area (Å²) in [4.78, 5) is 21.8. The van der Waals surface area contributed by atoms with Gasteiger partial charge in [0.15, 0.2) is 0 Å². The molecule has 2 heterocycles. The van der Waals surface area contributed by atoms with Gasteiger partial charge in [-0.3, -0.25) is 9.69 Å². The number of aryl methyl sites for hydroxylation is 1. The summed E-state index contributed by atoms with van der Waals surface area (Å²) in [6.07, 6.45) is 1.10. The summed E-state index contributed by atoms with van der Waals surface area (Å²) in [5.74, 6) is 1.12. The van der Waals surface area contributed by atoms with Crippen molar-refractivity contribution in [1.29, 1.82) is 0 Å². The highest BCUT2D eigenvalue weighted by Gasteiger charge is 2.22. The molecule has 3 N–H and O–H groups in total. The van der Waals surface area contributed by atoms with E-state index < -0.39 is 6.10 Å². The highest BCUT2D eigenvalue weighted by molar-refractivity contribution is 5.99. The molecule has 0 bridgehead atoms. The molecule has 4 rings (SSSR count). The van der Waals surface area contributed by atoms with Gasteiger partial charge in [0.25, 0.3) is 5.91 Å². The number of benzene rings is 2. The first-order chi connectivity index (χ1) is 17.9. The fraction of sp³-hybridized carbons (Fsp3) is 0.379. The molecule has 196 valence electrons. The molecule has 0 radical (unpaired) electrons. The number of rotatable bonds is 10. The number of aliphatic hydroxyl groups is 1. The zero-order valence-corrected chi connectivity index (χ0v) is 21.9. The first-order valence-corrected chi connectivity index (χ1v) is 12.9. The van der Waals surface area contributed by atoms with E-state index in [1.54, 1.807) is 18.3 Å². The SMILES string of the molecule is Cc1cccc(Nc2ncccc2C(=O)NCC(O)CN2CCN(c3ccccc3OC(C)C)CC2)c1. The molecule has 0 spiro atoms. The number of piperazine rings is 1. The van der Waals surface area contributed by atoms with E-state index in [1.165, 1.54) is 0 Å². The van der Waals surface area contributed by atoms with E-state index in [2.05, 4.69) is 31.5 Å². The summed E-state index contributed by atoms with van der Waals surface area (Å²) in [5, 5.41) is 16.7. The Hall–Kier alpha value is -3.62. The Morgan fingerprint density at radius 1 is 1.05 bits per heavy atom. The van der Waals surface area contributed by atoms with Crippen LogP contribution in [-0.4, -0.2) is 72.4 Å². The number of nitrogens with zero attached hydrogens (tertiary/aromatic N) is 3. The summed E-state index contributed by atoms with van der Waals surface area (Å²) in [6.45, 7) is 10.1. The Labute approximate surface area is 219 Å². The second kappa shape index (κ2) is 12.6. The number of β-amino-alcohol motifs (C(OH)–C–C–N with tert-alkyl or cyclic N) is 1. The number of pyridine rings is 1. The second-order valence-electron chi connectivity index (χ2n) is 9.68. The maximum absolute atomic E-state index is 12.9. The highest BCUT2D eigenvalue weighted by Crippen LogP contribution is 2.29. The third-order valence-corrected chi connectivity index (χ3v) is 6.24. The maximum Gasteiger partial charge on any atom is 0.255 e. The molecule has 1 atom stereocenters. The number of hydrogen-bond acceptors (Lipinski definition) is 7. The first kappa shape index (κ1) is 26.4. The van der Waals surface area contributed by atoms with E-state index in [1.807, 2.05) is 63.2 Å². The molecule has 37 heavy (non-hydrogen) atoms. The number of anilines is 3. The molecule has 1 aromatic heterocycles. The van der Waals surface area contributed by atoms with E-state index in [9.17, 15) is 9.90 Å². The van der Waals surface area contributed by atoms with Crippen LogP contribution in [0, 0.1) is 6.92 Å². The van der Waals surface area contributed by atoms with Gasteiger partial charge in [-0.15, -0.1) is 0 Å². The smallest absolute Gasteiger partial charge is 0.255 e. The molecule has 1 saturated heterocycles. The lowest BCUT2D eigenvalue weighted by Gasteiger charge is -2.37. The number of carbonyl (C=O) groups is 1. The van der Waals surface area contributed by atoms with Gasteiger partial charge in [0.2, 0.25) is 0 Å². The van der Waals surface area contributed by atoms with Gasteiger partial charge in [0, 0.05) is 51.2 Å². The number of aromatic nitrogens is 1. The standard InChI is InChI=1S/C29H37N5O3/c1-21(2)37-27-12-5-4-11-26(27)34-16-14-33(15-17-34)20-24(35)19-31-29(36)25-10-7-13-30-28(25)32-23-9-6-8-22(3)18-23/h4-13,18,21,24,35H,14-17,19-20H2,1-3H3,(H,30,32)(H,31,36). The molecule has 2 aromatic carbocycles. The fourth-order valence-corrected chi connectivity index (χ4v) is 4.46. The predicted molar refractivity (Wildman–Crippen MR) is 148 cm³/mol. The maximum atomic E-state index is 12.9. The van der Waals surface area contributed by atoms with Crippen molar-refractivity contribution in [1.82, 2.24) is 15.2 Å². The van der Waals surface area contributed by atoms with Crippen LogP contribution in [0.4, 0.5) is 17.2 Å². The average Bonchev–Trinajstić information content (AvgIpc) is 2.88. The van der Waals surface area contributed by atoms with Gasteiger partial charge >= 0.3 is 0 Å². The topological polar surface area (TPSA) is 90.0 Å². The molecule has 0 saturated carbocycles. The Balaban J connectivity index is 1.26. The summed E-state index contributed by atoms with van der Waals surface area (Å²) in [7, 11) is 0. The van der Waals surface area contributed by atoms with Crippen LogP contribution in [0.25, 0.3) is 0 Å². The van der Waals surface area contributed by atoms with Gasteiger partial charge in [0.1, 0.15) is 11.6 Å². The van der Waals surface area contributed by atoms with E-state index in [-0.39, 0.29) is 18.6 Å². The van der Waals surface area contributed by atoms with Crippen LogP contribution >= 0.6 is 0 Å². The average molecular weight is 504 g/mol. The number of para-hydroxylation sites is 2. The molecule has 1 amide bonds. The van der Waals surface area contributed by atoms with Gasteiger partial charge in [-0.1, -0.05) is 24.3 Å². The first-order valence-electron chi connectivity index (χ1n) is 12.9. The number of aliphatic hydroxyl groups excluding tert-OH is 1. The molecular weight excluding hydrogens is 466 g/mol. The predicted octanol–water partition coefficient (Wildman–Crippen LogP) is 3.83. The van der Waals surface area contributed by atoms with Crippen LogP contribution in [0.3, 0.4) is 0 Å². The van der Waals surface area contributed by atoms with E-state index >= 15 is 0 Å². The summed E-state index contributed by atoms with van der Waals surface area (Å²) in [5.41, 5.74) is 3.52. The van der Waals surface area contributed by atoms with E-state index in [4.69, 9.17) is 4.74 Å². The fourth-order valence-electron chi connectivity index (χ4n) is 4.46. The highest BCUT2D eigenvalue weighted by atomic mass is 16.5. The minimum Gasteiger partial charge on any atom is -0.489 e. The third kappa shape index (κ3) is 7.44. The number of carbonyl (C=O) groups excluding carboxylic acids is 1. The van der Waals surface area contributed by atoms with Crippen LogP contribution in [0.1, 0.15) is 29.8 Å². The van der Waals surface area contributed by atoms with E-state index in [0.29, 0.717) is 17.9 Å². The normalized spacial score (nSPS) is 14.9. The van der Waals surface area contributed by atoms with Crippen molar-refractivity contribution in [3.8, 4) is 5.75 Å². The third-order valence-electron chi connectivity index (χ3n) is 6.24. The Morgan fingerprint density at radius 3 is 2.59 bits per heavy atom. The lowest BCUT2D eigenvalue weighted by molar-refractivity contribution is 0.0852. The van der Waals surface area contributed by atoms with Crippen LogP contribution in [0.2, 0.25) is 0 Å². The lowest BCUT2D eigenvalue weighted by Crippen LogP contribution is -2.50. The summed E-state index contributed by atoms with van der Waals surface area (Å²) >= 11 is 0. The van der Waals surface area contributed by atoms with Crippen LogP contribution in [0.5, 0.6) is 5.75 Å². The number of hydrogen-bond donors (Lipinski definition) is 3. The Kier molecular flexibility index (Phi) is 8.98. The van der Waals surface area contributed by atoms with Crippen LogP contribution < -0.4 is 20.3 Å². The van der Waals surface area contributed by atoms with Crippen LogP contribution in [0.15, 0.2) is 66.9 Å². The van der Waals surface area contributed by atoms with Crippen molar-refractivity contribution >= 4 is 23.1 Å². The molecule has 3 aromatic rings. The van der Waals surface area contributed by atoms with Crippen molar-refractivity contribution in [2.45, 2.75) is 33.0 Å². The molecule has 8 heteroatoms. The zero-order valence-electron chi connectivity index (χ0n) is 21.9. The molecular formula is C29H37N5O3. The van der Waals surface area contributed by atoms with Gasteiger partial charge in [-0.25, -0.2) is 4.98 Å². The minimum atomic E-state index is -0.670. The largest absolute Gasteiger partial charge is 0.489 e.